The Kier molecular flexibility index (Phi) is 2.32. The van der Waals surface area contributed by atoms with E-state index in [1.807, 2.05) is 12.1 Å². The molecule has 0 saturated heterocycles. The van der Waals surface area contributed by atoms with E-state index >= 15 is 0 Å². The van der Waals surface area contributed by atoms with E-state index in [0.717, 1.165) is 12.1 Å². The molecule has 1 radical (unpaired) electrons. The molecule has 53 valence electrons. The first-order valence-corrected chi connectivity index (χ1v) is 3.55. The van der Waals surface area contributed by atoms with Crippen molar-refractivity contribution >= 4 is 5.69 Å². The molecule has 1 aromatic carbocycles. The van der Waals surface area contributed by atoms with Gasteiger partial charge in [0.05, 0.1) is 5.69 Å². The summed E-state index contributed by atoms with van der Waals surface area (Å²) in [6, 6.07) is 8.31. The molecule has 1 aromatic rings. The van der Waals surface area contributed by atoms with Crippen LogP contribution in [0, 0.1) is 0 Å². The van der Waals surface area contributed by atoms with Gasteiger partial charge >= 0.3 is 0 Å². The third-order valence-electron chi connectivity index (χ3n) is 1.60. The van der Waals surface area contributed by atoms with E-state index in [1.54, 1.807) is 7.05 Å². The number of aryl methyl sites for hydroxylation is 1. The number of nitrogens with zero attached hydrogens (tertiary/aromatic N) is 1. The second-order valence-corrected chi connectivity index (χ2v) is 2.24. The van der Waals surface area contributed by atoms with Crippen molar-refractivity contribution in [3.05, 3.63) is 29.8 Å². The van der Waals surface area contributed by atoms with Crippen LogP contribution in [0.2, 0.25) is 0 Å². The van der Waals surface area contributed by atoms with Gasteiger partial charge in [0.1, 0.15) is 0 Å². The predicted octanol–water partition coefficient (Wildman–Crippen LogP) is 2.11. The number of rotatable bonds is 2. The average molecular weight is 134 g/mol. The van der Waals surface area contributed by atoms with Gasteiger partial charge in [0, 0.05) is 7.05 Å². The van der Waals surface area contributed by atoms with Crippen molar-refractivity contribution in [3.63, 3.8) is 0 Å². The zero-order valence-corrected chi connectivity index (χ0v) is 6.46. The lowest BCUT2D eigenvalue weighted by Crippen LogP contribution is -1.86. The van der Waals surface area contributed by atoms with Gasteiger partial charge in [0.25, 0.3) is 0 Å². The van der Waals surface area contributed by atoms with Gasteiger partial charge in [-0.2, -0.15) is 0 Å². The molecule has 0 amide bonds. The summed E-state index contributed by atoms with van der Waals surface area (Å²) in [5.41, 5.74) is 2.42. The van der Waals surface area contributed by atoms with Gasteiger partial charge in [-0.1, -0.05) is 19.1 Å². The smallest absolute Gasteiger partial charge is 0.0571 e. The maximum atomic E-state index is 4.05. The Balaban J connectivity index is 2.80. The standard InChI is InChI=1S/C9H12N/c1-3-8-4-6-9(10-2)7-5-8/h4-7H,3H2,1-2H3. The van der Waals surface area contributed by atoms with Crippen molar-refractivity contribution in [1.29, 1.82) is 0 Å². The average Bonchev–Trinajstić information content (AvgIpc) is 2.05. The van der Waals surface area contributed by atoms with Gasteiger partial charge in [0.2, 0.25) is 0 Å². The van der Waals surface area contributed by atoms with Crippen molar-refractivity contribution < 1.29 is 0 Å². The van der Waals surface area contributed by atoms with Gasteiger partial charge in [-0.3, -0.25) is 5.32 Å². The molecule has 0 fully saturated rings. The minimum Gasteiger partial charge on any atom is -0.289 e. The quantitative estimate of drug-likeness (QED) is 0.588. The Morgan fingerprint density at radius 2 is 1.80 bits per heavy atom. The summed E-state index contributed by atoms with van der Waals surface area (Å²) >= 11 is 0. The van der Waals surface area contributed by atoms with E-state index in [1.165, 1.54) is 5.56 Å². The first kappa shape index (κ1) is 7.13. The molecule has 0 aromatic heterocycles. The fourth-order valence-corrected chi connectivity index (χ4v) is 0.881. The summed E-state index contributed by atoms with van der Waals surface area (Å²) in [6.45, 7) is 2.15. The van der Waals surface area contributed by atoms with Crippen LogP contribution in [0.1, 0.15) is 12.5 Å². The summed E-state index contributed by atoms with van der Waals surface area (Å²) in [5.74, 6) is 0. The highest BCUT2D eigenvalue weighted by molar-refractivity contribution is 5.37. The molecule has 0 bridgehead atoms. The molecular formula is C9H12N. The highest BCUT2D eigenvalue weighted by atomic mass is 14.8. The molecule has 0 N–H and O–H groups in total. The van der Waals surface area contributed by atoms with Crippen molar-refractivity contribution in [1.82, 2.24) is 5.32 Å². The Morgan fingerprint density at radius 1 is 1.20 bits per heavy atom. The van der Waals surface area contributed by atoms with E-state index in [9.17, 15) is 0 Å². The van der Waals surface area contributed by atoms with Crippen LogP contribution in [0.3, 0.4) is 0 Å². The van der Waals surface area contributed by atoms with Crippen molar-refractivity contribution in [2.45, 2.75) is 13.3 Å². The minimum absolute atomic E-state index is 1.05. The Morgan fingerprint density at radius 3 is 2.20 bits per heavy atom. The molecule has 0 heterocycles. The summed E-state index contributed by atoms with van der Waals surface area (Å²) in [6.07, 6.45) is 1.10. The fraction of sp³-hybridized carbons (Fsp3) is 0.333. The monoisotopic (exact) mass is 134 g/mol. The van der Waals surface area contributed by atoms with Gasteiger partial charge in [0.15, 0.2) is 0 Å². The normalized spacial score (nSPS) is 9.40. The van der Waals surface area contributed by atoms with Crippen molar-refractivity contribution in [3.8, 4) is 0 Å². The topological polar surface area (TPSA) is 14.1 Å². The molecule has 1 nitrogen and oxygen atoms in total. The first-order chi connectivity index (χ1) is 4.86. The summed E-state index contributed by atoms with van der Waals surface area (Å²) in [4.78, 5) is 0. The van der Waals surface area contributed by atoms with Gasteiger partial charge < -0.3 is 0 Å². The van der Waals surface area contributed by atoms with Crippen LogP contribution >= 0.6 is 0 Å². The third kappa shape index (κ3) is 1.50. The molecule has 0 spiro atoms. The molecule has 0 aliphatic rings. The summed E-state index contributed by atoms with van der Waals surface area (Å²) < 4.78 is 0. The first-order valence-electron chi connectivity index (χ1n) is 3.55. The second-order valence-electron chi connectivity index (χ2n) is 2.24. The summed E-state index contributed by atoms with van der Waals surface area (Å²) in [7, 11) is 1.81. The van der Waals surface area contributed by atoms with Gasteiger partial charge in [-0.25, -0.2) is 0 Å². The lowest BCUT2D eigenvalue weighted by molar-refractivity contribution is 1.08. The van der Waals surface area contributed by atoms with E-state index in [-0.39, 0.29) is 0 Å². The Labute approximate surface area is 62.1 Å². The van der Waals surface area contributed by atoms with E-state index in [2.05, 4.69) is 24.4 Å². The van der Waals surface area contributed by atoms with Crippen LogP contribution < -0.4 is 5.32 Å². The molecule has 1 heteroatoms. The highest BCUT2D eigenvalue weighted by Crippen LogP contribution is 2.08. The van der Waals surface area contributed by atoms with Crippen LogP contribution in [0.5, 0.6) is 0 Å². The molecule has 0 aliphatic carbocycles. The predicted molar refractivity (Wildman–Crippen MR) is 43.5 cm³/mol. The fourth-order valence-electron chi connectivity index (χ4n) is 0.881. The molecule has 1 rings (SSSR count). The lowest BCUT2D eigenvalue weighted by Gasteiger charge is -1.97. The largest absolute Gasteiger partial charge is 0.289 e. The number of hydrogen-bond donors (Lipinski definition) is 0. The zero-order valence-electron chi connectivity index (χ0n) is 6.46. The molecular weight excluding hydrogens is 122 g/mol. The van der Waals surface area contributed by atoms with Crippen LogP contribution in [0.15, 0.2) is 24.3 Å². The van der Waals surface area contributed by atoms with Gasteiger partial charge in [-0.05, 0) is 24.1 Å². The van der Waals surface area contributed by atoms with Crippen molar-refractivity contribution in [2.24, 2.45) is 0 Å². The van der Waals surface area contributed by atoms with Gasteiger partial charge in [-0.15, -0.1) is 0 Å². The van der Waals surface area contributed by atoms with Crippen molar-refractivity contribution in [2.75, 3.05) is 7.05 Å². The van der Waals surface area contributed by atoms with E-state index in [0.29, 0.717) is 0 Å². The van der Waals surface area contributed by atoms with Crippen LogP contribution in [-0.4, -0.2) is 7.05 Å². The third-order valence-corrected chi connectivity index (χ3v) is 1.60. The Bertz CT molecular complexity index is 165. The molecule has 0 unspecified atom stereocenters. The zero-order chi connectivity index (χ0) is 7.40. The summed E-state index contributed by atoms with van der Waals surface area (Å²) in [5, 5.41) is 4.05. The minimum atomic E-state index is 1.05. The molecule has 0 saturated carbocycles. The number of hydrogen-bond acceptors (Lipinski definition) is 0. The molecule has 0 aliphatic heterocycles. The molecule has 0 atom stereocenters. The van der Waals surface area contributed by atoms with E-state index < -0.39 is 0 Å². The van der Waals surface area contributed by atoms with E-state index in [4.69, 9.17) is 0 Å². The van der Waals surface area contributed by atoms with Crippen LogP contribution in [-0.2, 0) is 6.42 Å². The SMILES string of the molecule is CCc1ccc([N]C)cc1. The number of benzene rings is 1. The van der Waals surface area contributed by atoms with Crippen LogP contribution in [0.4, 0.5) is 5.69 Å². The van der Waals surface area contributed by atoms with Crippen LogP contribution in [0.25, 0.3) is 0 Å². The molecule has 10 heavy (non-hydrogen) atoms. The maximum absolute atomic E-state index is 4.05. The maximum Gasteiger partial charge on any atom is 0.0571 e. The second kappa shape index (κ2) is 3.25. The Hall–Kier alpha value is -0.980. The highest BCUT2D eigenvalue weighted by Gasteiger charge is 1.88. The lowest BCUT2D eigenvalue weighted by atomic mass is 10.1.